The van der Waals surface area contributed by atoms with Gasteiger partial charge in [0.15, 0.2) is 0 Å². The standard InChI is InChI=1S/C9H14/c1-2-5-9-7-3-6-8(9)4-1/h1,4,8-9H,2-3,5-7H2/t8-,9-/m1/s1. The van der Waals surface area contributed by atoms with Crippen LogP contribution in [0.1, 0.15) is 32.1 Å². The Labute approximate surface area is 57.0 Å². The topological polar surface area (TPSA) is 0 Å². The van der Waals surface area contributed by atoms with Gasteiger partial charge in [0, 0.05) is 0 Å². The van der Waals surface area contributed by atoms with Crippen LogP contribution in [-0.2, 0) is 0 Å². The molecule has 0 amide bonds. The Kier molecular flexibility index (Phi) is 1.33. The average molecular weight is 122 g/mol. The molecule has 0 heterocycles. The van der Waals surface area contributed by atoms with Crippen LogP contribution in [0.25, 0.3) is 0 Å². The van der Waals surface area contributed by atoms with Crippen LogP contribution in [0.4, 0.5) is 0 Å². The zero-order valence-corrected chi connectivity index (χ0v) is 5.84. The molecule has 2 aliphatic rings. The number of allylic oxidation sites excluding steroid dienone is 2. The number of hydrogen-bond acceptors (Lipinski definition) is 0. The van der Waals surface area contributed by atoms with Crippen molar-refractivity contribution < 1.29 is 0 Å². The summed E-state index contributed by atoms with van der Waals surface area (Å²) in [6, 6.07) is 0. The molecule has 0 spiro atoms. The van der Waals surface area contributed by atoms with Gasteiger partial charge in [0.25, 0.3) is 0 Å². The van der Waals surface area contributed by atoms with E-state index in [4.69, 9.17) is 0 Å². The minimum absolute atomic E-state index is 0.985. The van der Waals surface area contributed by atoms with E-state index in [0.29, 0.717) is 0 Å². The van der Waals surface area contributed by atoms with Crippen molar-refractivity contribution in [2.75, 3.05) is 0 Å². The Hall–Kier alpha value is -0.260. The van der Waals surface area contributed by atoms with Gasteiger partial charge in [-0.05, 0) is 37.5 Å². The van der Waals surface area contributed by atoms with Crippen molar-refractivity contribution in [3.8, 4) is 0 Å². The van der Waals surface area contributed by atoms with E-state index in [1.54, 1.807) is 0 Å². The van der Waals surface area contributed by atoms with Gasteiger partial charge in [-0.3, -0.25) is 0 Å². The van der Waals surface area contributed by atoms with E-state index < -0.39 is 0 Å². The summed E-state index contributed by atoms with van der Waals surface area (Å²) in [4.78, 5) is 0. The van der Waals surface area contributed by atoms with Gasteiger partial charge in [-0.25, -0.2) is 0 Å². The van der Waals surface area contributed by atoms with Crippen LogP contribution in [0.15, 0.2) is 12.2 Å². The van der Waals surface area contributed by atoms with Crippen LogP contribution in [0, 0.1) is 11.8 Å². The molecule has 0 aromatic heterocycles. The summed E-state index contributed by atoms with van der Waals surface area (Å²) in [5.41, 5.74) is 0. The molecule has 2 rings (SSSR count). The minimum atomic E-state index is 0.985. The normalized spacial score (nSPS) is 40.9. The fourth-order valence-electron chi connectivity index (χ4n) is 2.26. The first-order valence-corrected chi connectivity index (χ1v) is 4.13. The molecule has 0 radical (unpaired) electrons. The molecule has 0 unspecified atom stereocenters. The third-order valence-electron chi connectivity index (χ3n) is 2.81. The van der Waals surface area contributed by atoms with E-state index in [0.717, 1.165) is 11.8 Å². The summed E-state index contributed by atoms with van der Waals surface area (Å²) in [6.07, 6.45) is 12.1. The fraction of sp³-hybridized carbons (Fsp3) is 0.778. The fourth-order valence-corrected chi connectivity index (χ4v) is 2.26. The van der Waals surface area contributed by atoms with Crippen molar-refractivity contribution in [3.05, 3.63) is 12.2 Å². The predicted molar refractivity (Wildman–Crippen MR) is 39.2 cm³/mol. The lowest BCUT2D eigenvalue weighted by atomic mass is 9.87. The summed E-state index contributed by atoms with van der Waals surface area (Å²) < 4.78 is 0. The molecule has 0 N–H and O–H groups in total. The van der Waals surface area contributed by atoms with Crippen LogP contribution < -0.4 is 0 Å². The van der Waals surface area contributed by atoms with E-state index >= 15 is 0 Å². The van der Waals surface area contributed by atoms with E-state index in [2.05, 4.69) is 12.2 Å². The summed E-state index contributed by atoms with van der Waals surface area (Å²) in [5.74, 6) is 2.06. The van der Waals surface area contributed by atoms with Gasteiger partial charge in [0.05, 0.1) is 0 Å². The maximum absolute atomic E-state index is 2.45. The zero-order chi connectivity index (χ0) is 6.10. The van der Waals surface area contributed by atoms with E-state index in [1.165, 1.54) is 32.1 Å². The molecule has 0 aliphatic heterocycles. The lowest BCUT2D eigenvalue weighted by Crippen LogP contribution is -2.07. The molecule has 2 aliphatic carbocycles. The maximum Gasteiger partial charge on any atom is -0.0205 e. The first kappa shape index (κ1) is 5.52. The number of hydrogen-bond donors (Lipinski definition) is 0. The SMILES string of the molecule is C1=C[C@@H]2CCC[C@H]2CC1. The minimum Gasteiger partial charge on any atom is -0.0882 e. The van der Waals surface area contributed by atoms with Crippen LogP contribution in [0.3, 0.4) is 0 Å². The van der Waals surface area contributed by atoms with Gasteiger partial charge >= 0.3 is 0 Å². The summed E-state index contributed by atoms with van der Waals surface area (Å²) >= 11 is 0. The quantitative estimate of drug-likeness (QED) is 0.433. The third-order valence-corrected chi connectivity index (χ3v) is 2.81. The molecule has 0 saturated heterocycles. The van der Waals surface area contributed by atoms with Crippen LogP contribution in [0.2, 0.25) is 0 Å². The van der Waals surface area contributed by atoms with Crippen molar-refractivity contribution in [1.29, 1.82) is 0 Å². The van der Waals surface area contributed by atoms with Crippen molar-refractivity contribution in [2.24, 2.45) is 11.8 Å². The highest BCUT2D eigenvalue weighted by Crippen LogP contribution is 2.38. The van der Waals surface area contributed by atoms with Crippen molar-refractivity contribution in [2.45, 2.75) is 32.1 Å². The molecule has 0 aromatic rings. The van der Waals surface area contributed by atoms with Crippen molar-refractivity contribution in [3.63, 3.8) is 0 Å². The Bertz CT molecular complexity index is 124. The summed E-state index contributed by atoms with van der Waals surface area (Å²) in [5, 5.41) is 0. The van der Waals surface area contributed by atoms with Crippen LogP contribution in [0.5, 0.6) is 0 Å². The Morgan fingerprint density at radius 2 is 2.11 bits per heavy atom. The number of fused-ring (bicyclic) bond motifs is 1. The molecule has 0 aromatic carbocycles. The van der Waals surface area contributed by atoms with E-state index in [1.807, 2.05) is 0 Å². The zero-order valence-electron chi connectivity index (χ0n) is 5.84. The molecule has 0 nitrogen and oxygen atoms in total. The van der Waals surface area contributed by atoms with Gasteiger partial charge in [0.1, 0.15) is 0 Å². The molecule has 2 atom stereocenters. The van der Waals surface area contributed by atoms with Crippen LogP contribution in [-0.4, -0.2) is 0 Å². The highest BCUT2D eigenvalue weighted by atomic mass is 14.3. The Morgan fingerprint density at radius 3 is 3.00 bits per heavy atom. The molecule has 1 saturated carbocycles. The summed E-state index contributed by atoms with van der Waals surface area (Å²) in [6.45, 7) is 0. The third kappa shape index (κ3) is 0.910. The molecule has 9 heavy (non-hydrogen) atoms. The van der Waals surface area contributed by atoms with Gasteiger partial charge in [-0.15, -0.1) is 0 Å². The van der Waals surface area contributed by atoms with E-state index in [-0.39, 0.29) is 0 Å². The lowest BCUT2D eigenvalue weighted by molar-refractivity contribution is 0.412. The second-order valence-electron chi connectivity index (χ2n) is 3.36. The first-order chi connectivity index (χ1) is 4.47. The first-order valence-electron chi connectivity index (χ1n) is 4.13. The molecular formula is C9H14. The molecule has 50 valence electrons. The largest absolute Gasteiger partial charge is 0.0882 e. The number of rotatable bonds is 0. The average Bonchev–Trinajstić information content (AvgIpc) is 2.33. The van der Waals surface area contributed by atoms with Gasteiger partial charge in [-0.1, -0.05) is 18.6 Å². The van der Waals surface area contributed by atoms with Crippen molar-refractivity contribution in [1.82, 2.24) is 0 Å². The molecule has 0 bridgehead atoms. The Balaban J connectivity index is 2.10. The summed E-state index contributed by atoms with van der Waals surface area (Å²) in [7, 11) is 0. The molecular weight excluding hydrogens is 108 g/mol. The van der Waals surface area contributed by atoms with E-state index in [9.17, 15) is 0 Å². The lowest BCUT2D eigenvalue weighted by Gasteiger charge is -2.18. The monoisotopic (exact) mass is 122 g/mol. The Morgan fingerprint density at radius 1 is 1.11 bits per heavy atom. The maximum atomic E-state index is 2.45. The molecule has 0 heteroatoms. The molecule has 1 fully saturated rings. The second kappa shape index (κ2) is 2.17. The van der Waals surface area contributed by atoms with Gasteiger partial charge < -0.3 is 0 Å². The predicted octanol–water partition coefficient (Wildman–Crippen LogP) is 2.75. The van der Waals surface area contributed by atoms with Crippen molar-refractivity contribution >= 4 is 0 Å². The van der Waals surface area contributed by atoms with Gasteiger partial charge in [-0.2, -0.15) is 0 Å². The van der Waals surface area contributed by atoms with Crippen LogP contribution >= 0.6 is 0 Å². The smallest absolute Gasteiger partial charge is 0.0205 e. The van der Waals surface area contributed by atoms with Gasteiger partial charge in [0.2, 0.25) is 0 Å². The highest BCUT2D eigenvalue weighted by Gasteiger charge is 2.25. The second-order valence-corrected chi connectivity index (χ2v) is 3.36. The highest BCUT2D eigenvalue weighted by molar-refractivity contribution is 4.99.